The molecule has 0 bridgehead atoms. The van der Waals surface area contributed by atoms with Crippen LogP contribution in [0, 0.1) is 30.1 Å². The zero-order chi connectivity index (χ0) is 10.4. The molecule has 3 heteroatoms. The second kappa shape index (κ2) is 5.01. The molecular formula is C11H10N2O. The number of aryl methyl sites for hydroxylation is 1. The molecule has 0 fully saturated rings. The van der Waals surface area contributed by atoms with Crippen LogP contribution in [-0.2, 0) is 0 Å². The van der Waals surface area contributed by atoms with E-state index >= 15 is 0 Å². The van der Waals surface area contributed by atoms with Gasteiger partial charge < -0.3 is 5.11 Å². The van der Waals surface area contributed by atoms with Gasteiger partial charge in [-0.1, -0.05) is 11.8 Å². The Labute approximate surface area is 83.0 Å². The van der Waals surface area contributed by atoms with Crippen LogP contribution in [-0.4, -0.2) is 16.7 Å². The molecule has 0 aromatic carbocycles. The Morgan fingerprint density at radius 2 is 2.36 bits per heavy atom. The number of nitrogens with zero attached hydrogens (tertiary/aromatic N) is 2. The van der Waals surface area contributed by atoms with Crippen molar-refractivity contribution in [2.24, 2.45) is 0 Å². The molecule has 0 saturated carbocycles. The maximum absolute atomic E-state index is 8.64. The van der Waals surface area contributed by atoms with Crippen LogP contribution >= 0.6 is 0 Å². The Morgan fingerprint density at radius 1 is 1.57 bits per heavy atom. The van der Waals surface area contributed by atoms with Gasteiger partial charge in [0.2, 0.25) is 0 Å². The van der Waals surface area contributed by atoms with E-state index in [1.165, 1.54) is 0 Å². The summed E-state index contributed by atoms with van der Waals surface area (Å²) in [5.41, 5.74) is 2.02. The van der Waals surface area contributed by atoms with Gasteiger partial charge in [0.1, 0.15) is 11.8 Å². The number of aliphatic hydroxyl groups excluding tert-OH is 1. The molecule has 14 heavy (non-hydrogen) atoms. The molecule has 1 aromatic rings. The topological polar surface area (TPSA) is 56.9 Å². The van der Waals surface area contributed by atoms with E-state index in [9.17, 15) is 0 Å². The lowest BCUT2D eigenvalue weighted by molar-refractivity contribution is 0.305. The molecule has 1 rings (SSSR count). The van der Waals surface area contributed by atoms with E-state index in [1.54, 1.807) is 6.20 Å². The van der Waals surface area contributed by atoms with Gasteiger partial charge >= 0.3 is 0 Å². The molecule has 0 aliphatic carbocycles. The van der Waals surface area contributed by atoms with Crippen LogP contribution in [0.1, 0.15) is 23.2 Å². The lowest BCUT2D eigenvalue weighted by Crippen LogP contribution is -1.89. The fourth-order valence-corrected chi connectivity index (χ4v) is 0.981. The van der Waals surface area contributed by atoms with Gasteiger partial charge in [0, 0.05) is 18.2 Å². The third kappa shape index (κ3) is 2.58. The third-order valence-corrected chi connectivity index (χ3v) is 1.65. The van der Waals surface area contributed by atoms with E-state index < -0.39 is 0 Å². The molecule has 0 amide bonds. The molecule has 0 atom stereocenters. The Bertz CT molecular complexity index is 421. The van der Waals surface area contributed by atoms with E-state index in [2.05, 4.69) is 16.8 Å². The average Bonchev–Trinajstić information content (AvgIpc) is 2.18. The Hall–Kier alpha value is -1.84. The summed E-state index contributed by atoms with van der Waals surface area (Å²) in [6, 6.07) is 3.81. The number of aromatic nitrogens is 1. The van der Waals surface area contributed by atoms with Crippen LogP contribution in [0.5, 0.6) is 0 Å². The SMILES string of the molecule is Cc1cc(C#CCCO)cnc1C#N. The molecular weight excluding hydrogens is 176 g/mol. The standard InChI is InChI=1S/C11H10N2O/c1-9-6-10(4-2-3-5-14)8-13-11(9)7-12/h6,8,14H,3,5H2,1H3. The molecule has 3 nitrogen and oxygen atoms in total. The normalized spacial score (nSPS) is 8.64. The first-order chi connectivity index (χ1) is 6.77. The number of aliphatic hydroxyl groups is 1. The second-order valence-corrected chi connectivity index (χ2v) is 2.78. The maximum atomic E-state index is 8.64. The highest BCUT2D eigenvalue weighted by Crippen LogP contribution is 2.05. The van der Waals surface area contributed by atoms with Crippen LogP contribution in [0.15, 0.2) is 12.3 Å². The summed E-state index contributed by atoms with van der Waals surface area (Å²) in [7, 11) is 0. The van der Waals surface area contributed by atoms with Crippen molar-refractivity contribution in [2.45, 2.75) is 13.3 Å². The summed E-state index contributed by atoms with van der Waals surface area (Å²) in [6.07, 6.45) is 2.02. The van der Waals surface area contributed by atoms with Gasteiger partial charge in [-0.15, -0.1) is 0 Å². The predicted molar refractivity (Wildman–Crippen MR) is 52.3 cm³/mol. The minimum absolute atomic E-state index is 0.0652. The molecule has 1 heterocycles. The first kappa shape index (κ1) is 10.2. The summed E-state index contributed by atoms with van der Waals surface area (Å²) < 4.78 is 0. The largest absolute Gasteiger partial charge is 0.395 e. The van der Waals surface area contributed by atoms with Crippen LogP contribution in [0.3, 0.4) is 0 Å². The fourth-order valence-electron chi connectivity index (χ4n) is 0.981. The molecule has 0 radical (unpaired) electrons. The number of rotatable bonds is 1. The first-order valence-electron chi connectivity index (χ1n) is 4.24. The van der Waals surface area contributed by atoms with Crippen molar-refractivity contribution in [3.8, 4) is 17.9 Å². The van der Waals surface area contributed by atoms with Crippen molar-refractivity contribution in [1.29, 1.82) is 5.26 Å². The van der Waals surface area contributed by atoms with E-state index in [-0.39, 0.29) is 6.61 Å². The van der Waals surface area contributed by atoms with Gasteiger partial charge in [-0.2, -0.15) is 5.26 Å². The van der Waals surface area contributed by atoms with Gasteiger partial charge in [0.15, 0.2) is 0 Å². The average molecular weight is 186 g/mol. The van der Waals surface area contributed by atoms with Gasteiger partial charge in [-0.25, -0.2) is 4.98 Å². The lowest BCUT2D eigenvalue weighted by Gasteiger charge is -1.95. The molecule has 0 unspecified atom stereocenters. The zero-order valence-corrected chi connectivity index (χ0v) is 7.91. The minimum Gasteiger partial charge on any atom is -0.395 e. The molecule has 1 aromatic heterocycles. The Balaban J connectivity index is 2.89. The molecule has 0 aliphatic rings. The summed E-state index contributed by atoms with van der Waals surface area (Å²) in [4.78, 5) is 3.95. The predicted octanol–water partition coefficient (Wildman–Crippen LogP) is 0.996. The van der Waals surface area contributed by atoms with Gasteiger partial charge in [-0.05, 0) is 18.6 Å². The summed E-state index contributed by atoms with van der Waals surface area (Å²) in [6.45, 7) is 1.89. The quantitative estimate of drug-likeness (QED) is 0.665. The van der Waals surface area contributed by atoms with Gasteiger partial charge in [0.05, 0.1) is 6.61 Å². The minimum atomic E-state index is 0.0652. The van der Waals surface area contributed by atoms with Crippen LogP contribution < -0.4 is 0 Å². The molecule has 0 spiro atoms. The van der Waals surface area contributed by atoms with Crippen molar-refractivity contribution in [2.75, 3.05) is 6.61 Å². The number of pyridine rings is 1. The summed E-state index contributed by atoms with van der Waals surface area (Å²) in [5.74, 6) is 5.65. The second-order valence-electron chi connectivity index (χ2n) is 2.78. The summed E-state index contributed by atoms with van der Waals surface area (Å²) in [5, 5.41) is 17.2. The van der Waals surface area contributed by atoms with Gasteiger partial charge in [0.25, 0.3) is 0 Å². The lowest BCUT2D eigenvalue weighted by atomic mass is 10.1. The monoisotopic (exact) mass is 186 g/mol. The Kier molecular flexibility index (Phi) is 3.67. The highest BCUT2D eigenvalue weighted by molar-refractivity contribution is 5.39. The Morgan fingerprint density at radius 3 is 2.93 bits per heavy atom. The van der Waals surface area contributed by atoms with Crippen molar-refractivity contribution >= 4 is 0 Å². The van der Waals surface area contributed by atoms with Crippen LogP contribution in [0.25, 0.3) is 0 Å². The van der Waals surface area contributed by atoms with Gasteiger partial charge in [-0.3, -0.25) is 0 Å². The third-order valence-electron chi connectivity index (χ3n) is 1.65. The van der Waals surface area contributed by atoms with Crippen molar-refractivity contribution in [1.82, 2.24) is 4.98 Å². The van der Waals surface area contributed by atoms with E-state index in [1.807, 2.05) is 19.1 Å². The van der Waals surface area contributed by atoms with E-state index in [0.29, 0.717) is 12.1 Å². The summed E-state index contributed by atoms with van der Waals surface area (Å²) >= 11 is 0. The molecule has 1 N–H and O–H groups in total. The van der Waals surface area contributed by atoms with Crippen molar-refractivity contribution in [3.63, 3.8) is 0 Å². The van der Waals surface area contributed by atoms with Crippen molar-refractivity contribution in [3.05, 3.63) is 29.1 Å². The highest BCUT2D eigenvalue weighted by atomic mass is 16.2. The maximum Gasteiger partial charge on any atom is 0.143 e. The number of hydrogen-bond donors (Lipinski definition) is 1. The first-order valence-corrected chi connectivity index (χ1v) is 4.24. The zero-order valence-electron chi connectivity index (χ0n) is 7.91. The molecule has 70 valence electrons. The van der Waals surface area contributed by atoms with E-state index in [0.717, 1.165) is 11.1 Å². The molecule has 0 aliphatic heterocycles. The number of nitriles is 1. The smallest absolute Gasteiger partial charge is 0.143 e. The van der Waals surface area contributed by atoms with E-state index in [4.69, 9.17) is 10.4 Å². The highest BCUT2D eigenvalue weighted by Gasteiger charge is 1.97. The van der Waals surface area contributed by atoms with Crippen molar-refractivity contribution < 1.29 is 5.11 Å². The molecule has 0 saturated heterocycles. The van der Waals surface area contributed by atoms with Crippen LogP contribution in [0.4, 0.5) is 0 Å². The van der Waals surface area contributed by atoms with Crippen LogP contribution in [0.2, 0.25) is 0 Å². The number of hydrogen-bond acceptors (Lipinski definition) is 3. The fraction of sp³-hybridized carbons (Fsp3) is 0.273.